The van der Waals surface area contributed by atoms with Crippen LogP contribution in [0.25, 0.3) is 0 Å². The highest BCUT2D eigenvalue weighted by Crippen LogP contribution is 2.41. The minimum absolute atomic E-state index is 0. The molecule has 0 aromatic heterocycles. The monoisotopic (exact) mass is 555 g/mol. The lowest BCUT2D eigenvalue weighted by atomic mass is 10.0. The Bertz CT molecular complexity index is 1370. The van der Waals surface area contributed by atoms with Crippen molar-refractivity contribution in [2.45, 2.75) is 44.0 Å². The molecule has 5 rings (SSSR count). The van der Waals surface area contributed by atoms with Crippen molar-refractivity contribution in [3.05, 3.63) is 138 Å². The predicted octanol–water partition coefficient (Wildman–Crippen LogP) is 5.99. The quantitative estimate of drug-likeness (QED) is 0.251. The fraction of sp³-hybridized carbons (Fsp3) is 0.212. The van der Waals surface area contributed by atoms with Gasteiger partial charge in [0.1, 0.15) is 6.61 Å². The fourth-order valence-electron chi connectivity index (χ4n) is 4.73. The number of hydrogen-bond acceptors (Lipinski definition) is 5. The summed E-state index contributed by atoms with van der Waals surface area (Å²) in [4.78, 5) is 27.8. The molecule has 0 bridgehead atoms. The van der Waals surface area contributed by atoms with Crippen LogP contribution in [0.4, 0.5) is 10.5 Å². The van der Waals surface area contributed by atoms with Gasteiger partial charge in [0.2, 0.25) is 0 Å². The second kappa shape index (κ2) is 13.9. The second-order valence-electron chi connectivity index (χ2n) is 9.92. The summed E-state index contributed by atoms with van der Waals surface area (Å²) in [5, 5.41) is 3.61. The Morgan fingerprint density at radius 1 is 0.800 bits per heavy atom. The molecule has 1 fully saturated rings. The molecule has 2 unspecified atom stereocenters. The van der Waals surface area contributed by atoms with E-state index < -0.39 is 18.0 Å². The maximum Gasteiger partial charge on any atom is 0.421 e. The molecule has 3 atom stereocenters. The number of nitrogens with zero attached hydrogens (tertiary/aromatic N) is 1. The maximum atomic E-state index is 13.5. The van der Waals surface area contributed by atoms with E-state index in [1.807, 2.05) is 91.0 Å². The van der Waals surface area contributed by atoms with E-state index in [9.17, 15) is 9.59 Å². The topological polar surface area (TPSA) is 84.7 Å². The van der Waals surface area contributed by atoms with Crippen LogP contribution >= 0.6 is 12.4 Å². The van der Waals surface area contributed by atoms with Crippen molar-refractivity contribution in [3.63, 3.8) is 0 Å². The van der Waals surface area contributed by atoms with E-state index in [4.69, 9.17) is 10.5 Å². The van der Waals surface area contributed by atoms with E-state index in [1.54, 1.807) is 12.1 Å². The third-order valence-electron chi connectivity index (χ3n) is 7.00. The Labute approximate surface area is 241 Å². The highest BCUT2D eigenvalue weighted by molar-refractivity contribution is 6.14. The molecule has 0 saturated heterocycles. The highest BCUT2D eigenvalue weighted by Gasteiger charge is 2.38. The van der Waals surface area contributed by atoms with Gasteiger partial charge in [-0.15, -0.1) is 12.4 Å². The van der Waals surface area contributed by atoms with Gasteiger partial charge in [-0.2, -0.15) is 0 Å². The van der Waals surface area contributed by atoms with Crippen LogP contribution in [0.15, 0.2) is 115 Å². The minimum atomic E-state index is -0.897. The van der Waals surface area contributed by atoms with Gasteiger partial charge in [-0.25, -0.2) is 9.69 Å². The van der Waals surface area contributed by atoms with Gasteiger partial charge in [-0.1, -0.05) is 103 Å². The molecule has 0 spiro atoms. The molecule has 7 heteroatoms. The summed E-state index contributed by atoms with van der Waals surface area (Å²) in [5.74, 6) is -0.101. The lowest BCUT2D eigenvalue weighted by Crippen LogP contribution is -2.48. The number of carbonyl (C=O) groups is 2. The summed E-state index contributed by atoms with van der Waals surface area (Å²) in [7, 11) is 0. The van der Waals surface area contributed by atoms with Crippen molar-refractivity contribution in [3.8, 4) is 0 Å². The van der Waals surface area contributed by atoms with Gasteiger partial charge in [0.25, 0.3) is 5.91 Å². The van der Waals surface area contributed by atoms with Gasteiger partial charge in [0, 0.05) is 18.5 Å². The molecule has 0 aliphatic heterocycles. The third-order valence-corrected chi connectivity index (χ3v) is 7.00. The summed E-state index contributed by atoms with van der Waals surface area (Å²) < 4.78 is 5.55. The molecular formula is C33H34ClN3O3. The molecule has 1 saturated carbocycles. The summed E-state index contributed by atoms with van der Waals surface area (Å²) in [5.41, 5.74) is 10.9. The van der Waals surface area contributed by atoms with Gasteiger partial charge in [-0.05, 0) is 47.2 Å². The lowest BCUT2D eigenvalue weighted by molar-refractivity contribution is -0.119. The molecule has 1 aliphatic rings. The summed E-state index contributed by atoms with van der Waals surface area (Å²) >= 11 is 0. The molecule has 4 aromatic carbocycles. The Hall–Kier alpha value is -3.97. The molecule has 6 nitrogen and oxygen atoms in total. The first-order chi connectivity index (χ1) is 19.1. The first kappa shape index (κ1) is 29.0. The minimum Gasteiger partial charge on any atom is -0.444 e. The number of halogens is 1. The molecule has 0 radical (unpaired) electrons. The number of hydrogen-bond donors (Lipinski definition) is 2. The van der Waals surface area contributed by atoms with E-state index >= 15 is 0 Å². The summed E-state index contributed by atoms with van der Waals surface area (Å²) in [6.45, 7) is 0.890. The van der Waals surface area contributed by atoms with E-state index in [0.29, 0.717) is 24.1 Å². The standard InChI is InChI=1S/C33H33N3O3.ClH/c34-30(20-24-10-4-1-5-11-24)32(37)36(33(38)39-23-26-14-8-3-9-15-26)28-18-16-27(17-19-28)29-21-31(29)35-22-25-12-6-2-7-13-25;/h1-19,29-31,35H,20-23,34H2;1H/t29?,30-,31?;/m1./s1. The molecule has 4 aromatic rings. The van der Waals surface area contributed by atoms with Crippen LogP contribution in [0, 0.1) is 0 Å². The van der Waals surface area contributed by atoms with Crippen LogP contribution in [0.2, 0.25) is 0 Å². The zero-order valence-electron chi connectivity index (χ0n) is 22.2. The van der Waals surface area contributed by atoms with Crippen LogP contribution < -0.4 is 16.0 Å². The van der Waals surface area contributed by atoms with Crippen LogP contribution in [-0.4, -0.2) is 24.1 Å². The largest absolute Gasteiger partial charge is 0.444 e. The molecule has 3 N–H and O–H groups in total. The van der Waals surface area contributed by atoms with E-state index in [2.05, 4.69) is 17.4 Å². The van der Waals surface area contributed by atoms with Crippen LogP contribution in [0.1, 0.15) is 34.6 Å². The van der Waals surface area contributed by atoms with Gasteiger partial charge < -0.3 is 15.8 Å². The first-order valence-corrected chi connectivity index (χ1v) is 13.3. The van der Waals surface area contributed by atoms with Crippen molar-refractivity contribution in [1.29, 1.82) is 0 Å². The number of imide groups is 1. The number of carbonyl (C=O) groups excluding carboxylic acids is 2. The number of rotatable bonds is 10. The first-order valence-electron chi connectivity index (χ1n) is 13.3. The fourth-order valence-corrected chi connectivity index (χ4v) is 4.73. The number of amides is 2. The molecule has 40 heavy (non-hydrogen) atoms. The van der Waals surface area contributed by atoms with E-state index in [1.165, 1.54) is 11.1 Å². The van der Waals surface area contributed by atoms with Gasteiger partial charge in [-0.3, -0.25) is 4.79 Å². The Morgan fingerprint density at radius 2 is 1.35 bits per heavy atom. The third kappa shape index (κ3) is 7.57. The summed E-state index contributed by atoms with van der Waals surface area (Å²) in [6.07, 6.45) is 0.626. The molecule has 206 valence electrons. The Kier molecular flexibility index (Phi) is 10.1. The van der Waals surface area contributed by atoms with Crippen LogP contribution in [0.5, 0.6) is 0 Å². The highest BCUT2D eigenvalue weighted by atomic mass is 35.5. The molecule has 1 aliphatic carbocycles. The maximum absolute atomic E-state index is 13.5. The molecule has 0 heterocycles. The van der Waals surface area contributed by atoms with Crippen molar-refractivity contribution in [1.82, 2.24) is 5.32 Å². The Balaban J connectivity index is 0.00000370. The van der Waals surface area contributed by atoms with Crippen molar-refractivity contribution in [2.75, 3.05) is 4.90 Å². The van der Waals surface area contributed by atoms with Gasteiger partial charge >= 0.3 is 6.09 Å². The predicted molar refractivity (Wildman–Crippen MR) is 160 cm³/mol. The normalized spacial score (nSPS) is 16.3. The smallest absolute Gasteiger partial charge is 0.421 e. The number of benzene rings is 4. The number of anilines is 1. The Morgan fingerprint density at radius 3 is 1.95 bits per heavy atom. The van der Waals surface area contributed by atoms with Crippen molar-refractivity contribution in [2.24, 2.45) is 5.73 Å². The average molecular weight is 556 g/mol. The summed E-state index contributed by atoms with van der Waals surface area (Å²) in [6, 6.07) is 36.3. The van der Waals surface area contributed by atoms with Gasteiger partial charge in [0.05, 0.1) is 11.7 Å². The van der Waals surface area contributed by atoms with E-state index in [-0.39, 0.29) is 19.0 Å². The van der Waals surface area contributed by atoms with E-state index in [0.717, 1.165) is 29.0 Å². The zero-order valence-corrected chi connectivity index (χ0v) is 23.0. The average Bonchev–Trinajstić information content (AvgIpc) is 3.77. The second-order valence-corrected chi connectivity index (χ2v) is 9.92. The molecular weight excluding hydrogens is 522 g/mol. The number of nitrogens with two attached hydrogens (primary N) is 1. The van der Waals surface area contributed by atoms with Crippen LogP contribution in [0.3, 0.4) is 0 Å². The van der Waals surface area contributed by atoms with Crippen molar-refractivity contribution < 1.29 is 14.3 Å². The van der Waals surface area contributed by atoms with Gasteiger partial charge in [0.15, 0.2) is 0 Å². The lowest BCUT2D eigenvalue weighted by Gasteiger charge is -2.24. The van der Waals surface area contributed by atoms with Crippen LogP contribution in [-0.2, 0) is 29.1 Å². The van der Waals surface area contributed by atoms with Crippen molar-refractivity contribution >= 4 is 30.1 Å². The SMILES string of the molecule is Cl.N[C@H](Cc1ccccc1)C(=O)N(C(=O)OCc1ccccc1)c1ccc(C2CC2NCc2ccccc2)cc1. The number of ether oxygens (including phenoxy) is 1. The zero-order chi connectivity index (χ0) is 27.0. The molecule has 2 amide bonds. The number of nitrogens with one attached hydrogen (secondary N) is 1.